The molecular formula is C15H15N3O4S. The van der Waals surface area contributed by atoms with E-state index in [4.69, 9.17) is 5.73 Å². The average Bonchev–Trinajstić information content (AvgIpc) is 2.53. The third-order valence-electron chi connectivity index (χ3n) is 3.72. The van der Waals surface area contributed by atoms with E-state index in [0.29, 0.717) is 5.75 Å². The quantitative estimate of drug-likeness (QED) is 0.663. The van der Waals surface area contributed by atoms with E-state index in [2.05, 4.69) is 5.32 Å². The van der Waals surface area contributed by atoms with Gasteiger partial charge in [-0.1, -0.05) is 30.3 Å². The number of rotatable bonds is 4. The van der Waals surface area contributed by atoms with E-state index >= 15 is 0 Å². The van der Waals surface area contributed by atoms with Crippen LogP contribution < -0.4 is 11.1 Å². The molecule has 4 N–H and O–H groups in total. The van der Waals surface area contributed by atoms with E-state index in [1.165, 1.54) is 11.8 Å². The molecule has 3 rings (SSSR count). The smallest absolute Gasteiger partial charge is 0.354 e. The van der Waals surface area contributed by atoms with Gasteiger partial charge < -0.3 is 16.2 Å². The van der Waals surface area contributed by atoms with Crippen molar-refractivity contribution in [2.75, 3.05) is 5.75 Å². The lowest BCUT2D eigenvalue weighted by Gasteiger charge is -2.48. The van der Waals surface area contributed by atoms with Crippen molar-refractivity contribution in [2.45, 2.75) is 17.8 Å². The van der Waals surface area contributed by atoms with E-state index in [1.54, 1.807) is 0 Å². The van der Waals surface area contributed by atoms with Crippen molar-refractivity contribution in [2.24, 2.45) is 5.73 Å². The Morgan fingerprint density at radius 1 is 1.35 bits per heavy atom. The van der Waals surface area contributed by atoms with Gasteiger partial charge in [0.1, 0.15) is 11.4 Å². The highest BCUT2D eigenvalue weighted by atomic mass is 32.2. The molecule has 1 aromatic rings. The number of hydrogen-bond donors (Lipinski definition) is 3. The number of hydrogen-bond acceptors (Lipinski definition) is 5. The molecule has 1 fully saturated rings. The van der Waals surface area contributed by atoms with E-state index in [9.17, 15) is 19.5 Å². The summed E-state index contributed by atoms with van der Waals surface area (Å²) in [5.74, 6) is -1.62. The molecule has 1 aromatic carbocycles. The fourth-order valence-electron chi connectivity index (χ4n) is 2.65. The summed E-state index contributed by atoms with van der Waals surface area (Å²) in [4.78, 5) is 36.7. The number of fused-ring (bicyclic) bond motifs is 1. The Balaban J connectivity index is 1.67. The zero-order valence-electron chi connectivity index (χ0n) is 12.1. The molecule has 0 saturated carbocycles. The van der Waals surface area contributed by atoms with Gasteiger partial charge in [-0.2, -0.15) is 0 Å². The Labute approximate surface area is 136 Å². The third-order valence-corrected chi connectivity index (χ3v) is 5.03. The molecule has 0 spiro atoms. The minimum atomic E-state index is -1.23. The van der Waals surface area contributed by atoms with Gasteiger partial charge in [-0.3, -0.25) is 14.5 Å². The number of carbonyl (C=O) groups is 3. The zero-order chi connectivity index (χ0) is 16.6. The van der Waals surface area contributed by atoms with Crippen molar-refractivity contribution >= 4 is 29.5 Å². The first kappa shape index (κ1) is 15.4. The number of nitrogens with zero attached hydrogens (tertiary/aromatic N) is 1. The lowest BCUT2D eigenvalue weighted by molar-refractivity contribution is -0.150. The summed E-state index contributed by atoms with van der Waals surface area (Å²) in [5, 5.41) is 11.4. The number of thioether (sulfide) groups is 1. The maximum Gasteiger partial charge on any atom is 0.354 e. The molecule has 0 aliphatic carbocycles. The second kappa shape index (κ2) is 5.96. The lowest BCUT2D eigenvalue weighted by atomic mass is 10.0. The molecule has 0 aromatic heterocycles. The highest BCUT2D eigenvalue weighted by molar-refractivity contribution is 8.00. The van der Waals surface area contributed by atoms with Crippen LogP contribution >= 0.6 is 11.8 Å². The van der Waals surface area contributed by atoms with E-state index in [0.717, 1.165) is 10.5 Å². The number of benzene rings is 1. The first-order valence-corrected chi connectivity index (χ1v) is 8.04. The Kier molecular flexibility index (Phi) is 3.99. The van der Waals surface area contributed by atoms with Crippen LogP contribution in [0, 0.1) is 0 Å². The Morgan fingerprint density at radius 3 is 2.70 bits per heavy atom. The van der Waals surface area contributed by atoms with E-state index in [-0.39, 0.29) is 23.7 Å². The van der Waals surface area contributed by atoms with Gasteiger partial charge in [0, 0.05) is 5.75 Å². The van der Waals surface area contributed by atoms with Crippen LogP contribution in [-0.4, -0.2) is 45.0 Å². The van der Waals surface area contributed by atoms with Crippen molar-refractivity contribution < 1.29 is 19.5 Å². The fraction of sp³-hybridized carbons (Fsp3) is 0.267. The summed E-state index contributed by atoms with van der Waals surface area (Å²) < 4.78 is 0. The van der Waals surface area contributed by atoms with Gasteiger partial charge in [-0.15, -0.1) is 11.8 Å². The highest BCUT2D eigenvalue weighted by Gasteiger charge is 2.53. The number of carbonyl (C=O) groups excluding carboxylic acids is 2. The van der Waals surface area contributed by atoms with Gasteiger partial charge in [0.2, 0.25) is 5.91 Å². The van der Waals surface area contributed by atoms with Crippen LogP contribution in [0.15, 0.2) is 41.7 Å². The van der Waals surface area contributed by atoms with Crippen LogP contribution in [0.2, 0.25) is 0 Å². The van der Waals surface area contributed by atoms with Crippen LogP contribution in [0.5, 0.6) is 0 Å². The molecule has 2 aliphatic rings. The SMILES string of the molecule is NC1=C(C(=O)O)N2C(=O)C(NC(=O)Cc3ccccc3)[C@@H]2SC1. The Morgan fingerprint density at radius 2 is 2.04 bits per heavy atom. The van der Waals surface area contributed by atoms with Crippen molar-refractivity contribution in [3.63, 3.8) is 0 Å². The van der Waals surface area contributed by atoms with Crippen LogP contribution in [-0.2, 0) is 20.8 Å². The number of aliphatic carboxylic acids is 1. The standard InChI is InChI=1S/C15H15N3O4S/c16-9-7-23-14-11(13(20)18(14)12(9)15(21)22)17-10(19)6-8-4-2-1-3-5-8/h1-5,11,14H,6-7,16H2,(H,17,19)(H,21,22)/t11?,14-/m0/s1. The molecule has 8 heteroatoms. The normalized spacial score (nSPS) is 23.1. The van der Waals surface area contributed by atoms with Crippen molar-refractivity contribution in [3.05, 3.63) is 47.3 Å². The summed E-state index contributed by atoms with van der Waals surface area (Å²) in [6, 6.07) is 8.48. The molecule has 2 atom stereocenters. The highest BCUT2D eigenvalue weighted by Crippen LogP contribution is 2.38. The molecular weight excluding hydrogens is 318 g/mol. The molecule has 0 bridgehead atoms. The first-order chi connectivity index (χ1) is 11.0. The van der Waals surface area contributed by atoms with Crippen LogP contribution in [0.1, 0.15) is 5.56 Å². The summed E-state index contributed by atoms with van der Waals surface area (Å²) in [5.41, 5.74) is 6.52. The van der Waals surface area contributed by atoms with Crippen LogP contribution in [0.4, 0.5) is 0 Å². The number of amides is 2. The molecule has 1 unspecified atom stereocenters. The Bertz CT molecular complexity index is 704. The minimum absolute atomic E-state index is 0.168. The van der Waals surface area contributed by atoms with Gasteiger partial charge in [0.05, 0.1) is 12.1 Å². The largest absolute Gasteiger partial charge is 0.477 e. The summed E-state index contributed by atoms with van der Waals surface area (Å²) in [6.45, 7) is 0. The topological polar surface area (TPSA) is 113 Å². The molecule has 2 aliphatic heterocycles. The number of carboxylic acids is 1. The maximum atomic E-state index is 12.2. The van der Waals surface area contributed by atoms with E-state index in [1.807, 2.05) is 30.3 Å². The zero-order valence-corrected chi connectivity index (χ0v) is 12.9. The molecule has 120 valence electrons. The number of carboxylic acid groups (broad SMARTS) is 1. The molecule has 2 amide bonds. The second-order valence-electron chi connectivity index (χ2n) is 5.30. The summed E-state index contributed by atoms with van der Waals surface area (Å²) in [6.07, 6.45) is 0.172. The maximum absolute atomic E-state index is 12.2. The van der Waals surface area contributed by atoms with Gasteiger partial charge in [0.25, 0.3) is 5.91 Å². The van der Waals surface area contributed by atoms with Gasteiger partial charge in [0.15, 0.2) is 5.70 Å². The Hall–Kier alpha value is -2.48. The summed E-state index contributed by atoms with van der Waals surface area (Å²) in [7, 11) is 0. The van der Waals surface area contributed by atoms with Crippen molar-refractivity contribution in [1.29, 1.82) is 0 Å². The number of nitrogens with two attached hydrogens (primary N) is 1. The second-order valence-corrected chi connectivity index (χ2v) is 6.40. The van der Waals surface area contributed by atoms with Crippen LogP contribution in [0.25, 0.3) is 0 Å². The third kappa shape index (κ3) is 2.77. The van der Waals surface area contributed by atoms with Gasteiger partial charge >= 0.3 is 5.97 Å². The number of β-lactam (4-membered cyclic amide) rings is 1. The van der Waals surface area contributed by atoms with Crippen molar-refractivity contribution in [3.8, 4) is 0 Å². The molecule has 1 saturated heterocycles. The summed E-state index contributed by atoms with van der Waals surface area (Å²) >= 11 is 1.35. The monoisotopic (exact) mass is 333 g/mol. The van der Waals surface area contributed by atoms with Crippen molar-refractivity contribution in [1.82, 2.24) is 10.2 Å². The molecule has 23 heavy (non-hydrogen) atoms. The first-order valence-electron chi connectivity index (χ1n) is 6.99. The van der Waals surface area contributed by atoms with E-state index < -0.39 is 23.3 Å². The predicted molar refractivity (Wildman–Crippen MR) is 84.0 cm³/mol. The number of nitrogens with one attached hydrogen (secondary N) is 1. The molecule has 0 radical (unpaired) electrons. The fourth-order valence-corrected chi connectivity index (χ4v) is 3.87. The lowest BCUT2D eigenvalue weighted by Crippen LogP contribution is -2.70. The minimum Gasteiger partial charge on any atom is -0.477 e. The average molecular weight is 333 g/mol. The molecule has 2 heterocycles. The van der Waals surface area contributed by atoms with Gasteiger partial charge in [-0.25, -0.2) is 4.79 Å². The molecule has 7 nitrogen and oxygen atoms in total. The predicted octanol–water partition coefficient (Wildman–Crippen LogP) is -0.116. The van der Waals surface area contributed by atoms with Gasteiger partial charge in [-0.05, 0) is 5.56 Å². The van der Waals surface area contributed by atoms with Crippen LogP contribution in [0.3, 0.4) is 0 Å².